The van der Waals surface area contributed by atoms with Crippen LogP contribution in [0.5, 0.6) is 5.75 Å². The highest BCUT2D eigenvalue weighted by atomic mass is 32.2. The van der Waals surface area contributed by atoms with Crippen LogP contribution in [0.3, 0.4) is 0 Å². The van der Waals surface area contributed by atoms with Crippen LogP contribution in [0.4, 0.5) is 11.8 Å². The van der Waals surface area contributed by atoms with E-state index in [0.717, 1.165) is 28.3 Å². The molecule has 0 amide bonds. The maximum atomic E-state index is 6.28. The van der Waals surface area contributed by atoms with Crippen LogP contribution in [-0.2, 0) is 9.48 Å². The third kappa shape index (κ3) is 3.22. The predicted molar refractivity (Wildman–Crippen MR) is 125 cm³/mol. The molecule has 0 aliphatic carbocycles. The van der Waals surface area contributed by atoms with Gasteiger partial charge in [0, 0.05) is 7.05 Å². The number of nitrogens with zero attached hydrogens (tertiary/aromatic N) is 5. The van der Waals surface area contributed by atoms with Crippen LogP contribution in [-0.4, -0.2) is 64.7 Å². The Bertz CT molecular complexity index is 1130. The molecule has 8 nitrogen and oxygen atoms in total. The molecule has 3 aromatic rings. The summed E-state index contributed by atoms with van der Waals surface area (Å²) in [6.07, 6.45) is 2.10. The molecule has 164 valence electrons. The van der Waals surface area contributed by atoms with Gasteiger partial charge in [-0.3, -0.25) is 0 Å². The normalized spacial score (nSPS) is 20.9. The first-order valence-electron chi connectivity index (χ1n) is 10.6. The number of anilines is 2. The summed E-state index contributed by atoms with van der Waals surface area (Å²) in [6.45, 7) is 8.41. The second-order valence-electron chi connectivity index (χ2n) is 8.51. The van der Waals surface area contributed by atoms with Crippen LogP contribution in [0.2, 0.25) is 0 Å². The minimum Gasteiger partial charge on any atom is -0.486 e. The van der Waals surface area contributed by atoms with Crippen LogP contribution < -0.4 is 15.0 Å². The number of benzene rings is 1. The van der Waals surface area contributed by atoms with Crippen molar-refractivity contribution in [2.45, 2.75) is 37.6 Å². The number of morpholine rings is 1. The summed E-state index contributed by atoms with van der Waals surface area (Å²) in [7, 11) is 1.87. The van der Waals surface area contributed by atoms with Gasteiger partial charge in [-0.15, -0.1) is 0 Å². The zero-order chi connectivity index (χ0) is 21.8. The van der Waals surface area contributed by atoms with Crippen LogP contribution in [0.25, 0.3) is 17.0 Å². The van der Waals surface area contributed by atoms with Gasteiger partial charge in [0.2, 0.25) is 11.9 Å². The van der Waals surface area contributed by atoms with Gasteiger partial charge in [-0.05, 0) is 39.2 Å². The molecule has 2 aliphatic heterocycles. The van der Waals surface area contributed by atoms with E-state index in [4.69, 9.17) is 24.4 Å². The SMILES string of the molecule is CNc1nc2ccccc2n1-c1nc2c(c(C(C)(C)SC)n1)OC[C@@H]1COC[C@@H](C)N21. The number of thioether (sulfide) groups is 1. The molecule has 5 rings (SSSR count). The van der Waals surface area contributed by atoms with Crippen molar-refractivity contribution in [3.63, 3.8) is 0 Å². The van der Waals surface area contributed by atoms with Gasteiger partial charge >= 0.3 is 0 Å². The third-order valence-corrected chi connectivity index (χ3v) is 7.32. The molecule has 0 saturated carbocycles. The number of imidazole rings is 1. The quantitative estimate of drug-likeness (QED) is 0.661. The molecule has 2 aromatic heterocycles. The highest BCUT2D eigenvalue weighted by Crippen LogP contribution is 2.45. The van der Waals surface area contributed by atoms with Crippen molar-refractivity contribution in [2.24, 2.45) is 0 Å². The Hall–Kier alpha value is -2.52. The Kier molecular flexibility index (Phi) is 4.97. The lowest BCUT2D eigenvalue weighted by molar-refractivity contribution is 0.0482. The number of aromatic nitrogens is 4. The Morgan fingerprint density at radius 1 is 1.13 bits per heavy atom. The smallest absolute Gasteiger partial charge is 0.239 e. The molecule has 0 bridgehead atoms. The van der Waals surface area contributed by atoms with Crippen molar-refractivity contribution in [2.75, 3.05) is 43.3 Å². The summed E-state index contributed by atoms with van der Waals surface area (Å²) in [6, 6.07) is 8.39. The van der Waals surface area contributed by atoms with E-state index in [2.05, 4.69) is 37.2 Å². The lowest BCUT2D eigenvalue weighted by Crippen LogP contribution is -2.56. The summed E-state index contributed by atoms with van der Waals surface area (Å²) < 4.78 is 13.8. The van der Waals surface area contributed by atoms with Crippen molar-refractivity contribution in [3.8, 4) is 11.7 Å². The second-order valence-corrected chi connectivity index (χ2v) is 9.94. The van der Waals surface area contributed by atoms with Gasteiger partial charge < -0.3 is 19.7 Å². The van der Waals surface area contributed by atoms with E-state index < -0.39 is 0 Å². The van der Waals surface area contributed by atoms with Crippen molar-refractivity contribution in [1.82, 2.24) is 19.5 Å². The minimum absolute atomic E-state index is 0.146. The average molecular weight is 441 g/mol. The monoisotopic (exact) mass is 440 g/mol. The molecule has 0 unspecified atom stereocenters. The largest absolute Gasteiger partial charge is 0.486 e. The zero-order valence-electron chi connectivity index (χ0n) is 18.5. The van der Waals surface area contributed by atoms with E-state index in [1.54, 1.807) is 11.8 Å². The Morgan fingerprint density at radius 2 is 1.94 bits per heavy atom. The lowest BCUT2D eigenvalue weighted by atomic mass is 10.0. The van der Waals surface area contributed by atoms with Gasteiger partial charge in [-0.2, -0.15) is 16.7 Å². The minimum atomic E-state index is -0.250. The first kappa shape index (κ1) is 20.4. The van der Waals surface area contributed by atoms with Crippen molar-refractivity contribution < 1.29 is 9.47 Å². The van der Waals surface area contributed by atoms with E-state index in [1.165, 1.54) is 0 Å². The van der Waals surface area contributed by atoms with E-state index in [1.807, 2.05) is 35.9 Å². The average Bonchev–Trinajstić information content (AvgIpc) is 3.16. The molecule has 2 atom stereocenters. The molecular weight excluding hydrogens is 412 g/mol. The van der Waals surface area contributed by atoms with Crippen molar-refractivity contribution >= 4 is 34.6 Å². The molecule has 0 spiro atoms. The standard InChI is InChI=1S/C22H28N6O2S/c1-13-10-29-11-14-12-30-17-18(22(2,3)31-5)25-21(26-19(17)27(13)14)28-16-9-7-6-8-15(16)24-20(28)23-4/h6-9,13-14H,10-12H2,1-5H3,(H,23,24)/t13-,14+/m1/s1. The van der Waals surface area contributed by atoms with Crippen molar-refractivity contribution in [3.05, 3.63) is 30.0 Å². The summed E-state index contributed by atoms with van der Waals surface area (Å²) in [5, 5.41) is 3.20. The summed E-state index contributed by atoms with van der Waals surface area (Å²) in [5.41, 5.74) is 2.76. The molecular formula is C22H28N6O2S. The molecule has 2 aliphatic rings. The Morgan fingerprint density at radius 3 is 2.71 bits per heavy atom. The highest BCUT2D eigenvalue weighted by molar-refractivity contribution is 7.99. The third-order valence-electron chi connectivity index (χ3n) is 6.10. The fraction of sp³-hybridized carbons (Fsp3) is 0.500. The molecule has 0 radical (unpaired) electrons. The van der Waals surface area contributed by atoms with Crippen LogP contribution in [0.15, 0.2) is 24.3 Å². The fourth-order valence-corrected chi connectivity index (χ4v) is 4.65. The van der Waals surface area contributed by atoms with E-state index in [9.17, 15) is 0 Å². The van der Waals surface area contributed by atoms with Gasteiger partial charge in [-0.1, -0.05) is 12.1 Å². The summed E-state index contributed by atoms with van der Waals surface area (Å²) in [5.74, 6) is 2.92. The molecule has 9 heteroatoms. The van der Waals surface area contributed by atoms with Crippen LogP contribution in [0.1, 0.15) is 26.5 Å². The van der Waals surface area contributed by atoms with Gasteiger partial charge in [0.1, 0.15) is 12.3 Å². The summed E-state index contributed by atoms with van der Waals surface area (Å²) >= 11 is 1.75. The molecule has 1 aromatic carbocycles. The topological polar surface area (TPSA) is 77.3 Å². The lowest BCUT2D eigenvalue weighted by Gasteiger charge is -2.45. The van der Waals surface area contributed by atoms with E-state index in [-0.39, 0.29) is 16.8 Å². The highest BCUT2D eigenvalue weighted by Gasteiger charge is 2.40. The van der Waals surface area contributed by atoms with E-state index in [0.29, 0.717) is 31.7 Å². The number of ether oxygens (including phenoxy) is 2. The van der Waals surface area contributed by atoms with Gasteiger partial charge in [0.25, 0.3) is 0 Å². The van der Waals surface area contributed by atoms with Crippen molar-refractivity contribution in [1.29, 1.82) is 0 Å². The second kappa shape index (κ2) is 7.56. The molecule has 1 N–H and O–H groups in total. The predicted octanol–water partition coefficient (Wildman–Crippen LogP) is 3.44. The number of fused-ring (bicyclic) bond motifs is 4. The Balaban J connectivity index is 1.79. The van der Waals surface area contributed by atoms with Gasteiger partial charge in [0.15, 0.2) is 11.6 Å². The van der Waals surface area contributed by atoms with Crippen LogP contribution >= 0.6 is 11.8 Å². The molecule has 1 fully saturated rings. The Labute approximate surface area is 186 Å². The maximum Gasteiger partial charge on any atom is 0.239 e. The number of hydrogen-bond donors (Lipinski definition) is 1. The maximum absolute atomic E-state index is 6.28. The first-order valence-corrected chi connectivity index (χ1v) is 11.8. The fourth-order valence-electron chi connectivity index (χ4n) is 4.32. The number of hydrogen-bond acceptors (Lipinski definition) is 8. The zero-order valence-corrected chi connectivity index (χ0v) is 19.4. The number of rotatable bonds is 4. The first-order chi connectivity index (χ1) is 14.9. The molecule has 1 saturated heterocycles. The molecule has 31 heavy (non-hydrogen) atoms. The number of nitrogens with one attached hydrogen (secondary N) is 1. The van der Waals surface area contributed by atoms with Crippen LogP contribution in [0, 0.1) is 0 Å². The van der Waals surface area contributed by atoms with Gasteiger partial charge in [-0.25, -0.2) is 14.5 Å². The number of para-hydroxylation sites is 2. The van der Waals surface area contributed by atoms with E-state index >= 15 is 0 Å². The van der Waals surface area contributed by atoms with Gasteiger partial charge in [0.05, 0.1) is 41.1 Å². The summed E-state index contributed by atoms with van der Waals surface area (Å²) in [4.78, 5) is 17.2. The molecule has 4 heterocycles.